The van der Waals surface area contributed by atoms with E-state index in [4.69, 9.17) is 6.42 Å². The van der Waals surface area contributed by atoms with Crippen LogP contribution < -0.4 is 5.56 Å². The molecule has 0 fully saturated rings. The summed E-state index contributed by atoms with van der Waals surface area (Å²) in [5.74, 6) is 2.45. The highest BCUT2D eigenvalue weighted by Crippen LogP contribution is 2.02. The van der Waals surface area contributed by atoms with Gasteiger partial charge in [-0.1, -0.05) is 5.92 Å². The monoisotopic (exact) mass is 174 g/mol. The molecule has 13 heavy (non-hydrogen) atoms. The van der Waals surface area contributed by atoms with Gasteiger partial charge in [-0.3, -0.25) is 4.79 Å². The van der Waals surface area contributed by atoms with Crippen molar-refractivity contribution in [2.75, 3.05) is 0 Å². The first-order valence-electron chi connectivity index (χ1n) is 3.65. The summed E-state index contributed by atoms with van der Waals surface area (Å²) < 4.78 is 1.64. The average molecular weight is 174 g/mol. The van der Waals surface area contributed by atoms with E-state index in [0.29, 0.717) is 17.7 Å². The molecular formula is C8H6N4O. The molecule has 0 aliphatic carbocycles. The van der Waals surface area contributed by atoms with E-state index in [1.165, 1.54) is 12.7 Å². The molecule has 0 saturated carbocycles. The van der Waals surface area contributed by atoms with Crippen molar-refractivity contribution in [2.24, 2.45) is 0 Å². The van der Waals surface area contributed by atoms with Crippen molar-refractivity contribution in [3.63, 3.8) is 0 Å². The van der Waals surface area contributed by atoms with Crippen LogP contribution >= 0.6 is 0 Å². The van der Waals surface area contributed by atoms with Crippen LogP contribution in [0.5, 0.6) is 0 Å². The lowest BCUT2D eigenvalue weighted by Gasteiger charge is -1.94. The van der Waals surface area contributed by atoms with E-state index in [1.54, 1.807) is 4.57 Å². The van der Waals surface area contributed by atoms with Crippen LogP contribution in [0.25, 0.3) is 11.2 Å². The van der Waals surface area contributed by atoms with Crippen molar-refractivity contribution < 1.29 is 0 Å². The number of aromatic amines is 1. The minimum absolute atomic E-state index is 0.249. The van der Waals surface area contributed by atoms with Crippen molar-refractivity contribution in [3.8, 4) is 12.3 Å². The number of H-pyrrole nitrogens is 1. The summed E-state index contributed by atoms with van der Waals surface area (Å²) in [6.45, 7) is 0.368. The number of terminal acetylenes is 1. The highest BCUT2D eigenvalue weighted by molar-refractivity contribution is 5.68. The molecule has 2 heterocycles. The van der Waals surface area contributed by atoms with E-state index in [-0.39, 0.29) is 5.56 Å². The lowest BCUT2D eigenvalue weighted by atomic mass is 10.5. The third-order valence-corrected chi connectivity index (χ3v) is 1.67. The van der Waals surface area contributed by atoms with Gasteiger partial charge in [0.1, 0.15) is 0 Å². The highest BCUT2D eigenvalue weighted by Gasteiger charge is 2.04. The molecule has 2 rings (SSSR count). The Balaban J connectivity index is 2.77. The van der Waals surface area contributed by atoms with E-state index >= 15 is 0 Å². The Labute approximate surface area is 73.4 Å². The zero-order valence-electron chi connectivity index (χ0n) is 6.69. The van der Waals surface area contributed by atoms with E-state index in [2.05, 4.69) is 20.9 Å². The molecule has 0 aliphatic rings. The number of hydrogen-bond donors (Lipinski definition) is 1. The van der Waals surface area contributed by atoms with Crippen LogP contribution in [0, 0.1) is 12.3 Å². The van der Waals surface area contributed by atoms with Gasteiger partial charge in [-0.2, -0.15) is 0 Å². The van der Waals surface area contributed by atoms with Gasteiger partial charge in [0.05, 0.1) is 19.2 Å². The third kappa shape index (κ3) is 1.08. The minimum atomic E-state index is -0.249. The molecule has 0 saturated heterocycles. The van der Waals surface area contributed by atoms with Crippen LogP contribution in [0.2, 0.25) is 0 Å². The Kier molecular flexibility index (Phi) is 1.60. The maximum absolute atomic E-state index is 11.2. The van der Waals surface area contributed by atoms with Crippen LogP contribution in [0.15, 0.2) is 17.4 Å². The summed E-state index contributed by atoms with van der Waals surface area (Å²) in [5.41, 5.74) is 0.584. The number of nitrogens with zero attached hydrogens (tertiary/aromatic N) is 3. The summed E-state index contributed by atoms with van der Waals surface area (Å²) in [4.78, 5) is 21.5. The molecule has 64 valence electrons. The van der Waals surface area contributed by atoms with Gasteiger partial charge < -0.3 is 9.55 Å². The second-order valence-electron chi connectivity index (χ2n) is 2.48. The first-order chi connectivity index (χ1) is 6.33. The lowest BCUT2D eigenvalue weighted by Crippen LogP contribution is -2.07. The Morgan fingerprint density at radius 2 is 2.46 bits per heavy atom. The normalized spacial score (nSPS) is 10.1. The Bertz CT molecular complexity index is 531. The summed E-state index contributed by atoms with van der Waals surface area (Å²) in [7, 11) is 0. The summed E-state index contributed by atoms with van der Waals surface area (Å²) in [5, 5.41) is 0. The molecule has 0 aliphatic heterocycles. The van der Waals surface area contributed by atoms with Crippen molar-refractivity contribution in [2.45, 2.75) is 6.54 Å². The quantitative estimate of drug-likeness (QED) is 0.606. The van der Waals surface area contributed by atoms with Crippen molar-refractivity contribution in [1.82, 2.24) is 19.5 Å². The Morgan fingerprint density at radius 3 is 3.23 bits per heavy atom. The minimum Gasteiger partial charge on any atom is -0.311 e. The zero-order chi connectivity index (χ0) is 9.26. The molecule has 2 aromatic rings. The molecule has 0 amide bonds. The Hall–Kier alpha value is -2.09. The predicted molar refractivity (Wildman–Crippen MR) is 47.0 cm³/mol. The second kappa shape index (κ2) is 2.75. The summed E-state index contributed by atoms with van der Waals surface area (Å²) in [6, 6.07) is 0. The van der Waals surface area contributed by atoms with Crippen LogP contribution in [0.3, 0.4) is 0 Å². The molecule has 5 nitrogen and oxygen atoms in total. The van der Waals surface area contributed by atoms with Crippen molar-refractivity contribution in [1.29, 1.82) is 0 Å². The molecule has 0 unspecified atom stereocenters. The van der Waals surface area contributed by atoms with E-state index in [1.807, 2.05) is 0 Å². The van der Waals surface area contributed by atoms with Gasteiger partial charge in [0, 0.05) is 0 Å². The number of fused-ring (bicyclic) bond motifs is 1. The first-order valence-corrected chi connectivity index (χ1v) is 3.65. The maximum atomic E-state index is 11.2. The van der Waals surface area contributed by atoms with Crippen LogP contribution in [0.4, 0.5) is 0 Å². The second-order valence-corrected chi connectivity index (χ2v) is 2.48. The molecule has 0 aromatic carbocycles. The first kappa shape index (κ1) is 7.55. The number of hydrogen-bond acceptors (Lipinski definition) is 3. The topological polar surface area (TPSA) is 63.6 Å². The smallest absolute Gasteiger partial charge is 0.278 e. The van der Waals surface area contributed by atoms with Gasteiger partial charge >= 0.3 is 0 Å². The number of imidazole rings is 1. The lowest BCUT2D eigenvalue weighted by molar-refractivity contribution is 0.856. The van der Waals surface area contributed by atoms with E-state index < -0.39 is 0 Å². The van der Waals surface area contributed by atoms with Gasteiger partial charge in [0.25, 0.3) is 5.56 Å². The van der Waals surface area contributed by atoms with Gasteiger partial charge in [-0.25, -0.2) is 9.97 Å². The number of nitrogens with one attached hydrogen (secondary N) is 1. The highest BCUT2D eigenvalue weighted by atomic mass is 16.1. The molecule has 0 radical (unpaired) electrons. The van der Waals surface area contributed by atoms with Crippen LogP contribution in [-0.4, -0.2) is 19.5 Å². The maximum Gasteiger partial charge on any atom is 0.278 e. The summed E-state index contributed by atoms with van der Waals surface area (Å²) in [6.07, 6.45) is 7.98. The van der Waals surface area contributed by atoms with Crippen molar-refractivity contribution >= 4 is 11.2 Å². The molecule has 1 N–H and O–H groups in total. The van der Waals surface area contributed by atoms with Gasteiger partial charge in [-0.05, 0) is 0 Å². The molecular weight excluding hydrogens is 168 g/mol. The fraction of sp³-hybridized carbons (Fsp3) is 0.125. The van der Waals surface area contributed by atoms with Crippen LogP contribution in [-0.2, 0) is 6.54 Å². The van der Waals surface area contributed by atoms with Gasteiger partial charge in [-0.15, -0.1) is 6.42 Å². The molecule has 2 aromatic heterocycles. The van der Waals surface area contributed by atoms with E-state index in [9.17, 15) is 4.79 Å². The third-order valence-electron chi connectivity index (χ3n) is 1.67. The SMILES string of the molecule is C#CCn1cnc2c(=O)[nH]cnc21. The zero-order valence-corrected chi connectivity index (χ0v) is 6.69. The average Bonchev–Trinajstić information content (AvgIpc) is 2.51. The van der Waals surface area contributed by atoms with E-state index in [0.717, 1.165) is 0 Å². The largest absolute Gasteiger partial charge is 0.311 e. The predicted octanol–water partition coefficient (Wildman–Crippen LogP) is -0.247. The van der Waals surface area contributed by atoms with Gasteiger partial charge in [0.15, 0.2) is 11.2 Å². The number of aromatic nitrogens is 4. The standard InChI is InChI=1S/C8H6N4O/c1-2-3-12-5-11-6-7(12)9-4-10-8(6)13/h1,4-5H,3H2,(H,9,10,13). The number of rotatable bonds is 1. The van der Waals surface area contributed by atoms with Crippen LogP contribution in [0.1, 0.15) is 0 Å². The van der Waals surface area contributed by atoms with Crippen molar-refractivity contribution in [3.05, 3.63) is 23.0 Å². The molecule has 5 heteroatoms. The summed E-state index contributed by atoms with van der Waals surface area (Å²) >= 11 is 0. The molecule has 0 spiro atoms. The molecule has 0 bridgehead atoms. The van der Waals surface area contributed by atoms with Gasteiger partial charge in [0.2, 0.25) is 0 Å². The Morgan fingerprint density at radius 1 is 1.62 bits per heavy atom. The fourth-order valence-corrected chi connectivity index (χ4v) is 1.11. The fourth-order valence-electron chi connectivity index (χ4n) is 1.11. The molecule has 0 atom stereocenters.